The van der Waals surface area contributed by atoms with Crippen molar-refractivity contribution in [3.63, 3.8) is 0 Å². The van der Waals surface area contributed by atoms with Crippen LogP contribution in [-0.2, 0) is 18.3 Å². The first-order valence-corrected chi connectivity index (χ1v) is 7.66. The second-order valence-corrected chi connectivity index (χ2v) is 5.33. The molecule has 0 spiro atoms. The molecule has 20 heavy (non-hydrogen) atoms. The van der Waals surface area contributed by atoms with Gasteiger partial charge in [-0.1, -0.05) is 0 Å². The van der Waals surface area contributed by atoms with Crippen molar-refractivity contribution in [1.29, 1.82) is 0 Å². The van der Waals surface area contributed by atoms with Gasteiger partial charge >= 0.3 is 12.0 Å². The van der Waals surface area contributed by atoms with Gasteiger partial charge < -0.3 is 15.7 Å². The van der Waals surface area contributed by atoms with E-state index in [1.165, 1.54) is 0 Å². The Balaban J connectivity index is 2.28. The third-order valence-corrected chi connectivity index (χ3v) is 3.32. The molecule has 0 bridgehead atoms. The highest BCUT2D eigenvalue weighted by Gasteiger charge is 2.18. The number of aliphatic carboxylic acids is 1. The molecule has 0 saturated carbocycles. The summed E-state index contributed by atoms with van der Waals surface area (Å²) in [4.78, 5) is 22.6. The van der Waals surface area contributed by atoms with Gasteiger partial charge in [-0.05, 0) is 30.4 Å². The summed E-state index contributed by atoms with van der Waals surface area (Å²) < 4.78 is 1.69. The second-order valence-electron chi connectivity index (χ2n) is 4.34. The fourth-order valence-corrected chi connectivity index (χ4v) is 2.10. The first-order valence-electron chi connectivity index (χ1n) is 6.26. The Morgan fingerprint density at radius 2 is 2.30 bits per heavy atom. The third kappa shape index (κ3) is 5.96. The van der Waals surface area contributed by atoms with E-state index in [4.69, 9.17) is 5.11 Å². The quantitative estimate of drug-likeness (QED) is 0.648. The Bertz CT molecular complexity index is 450. The van der Waals surface area contributed by atoms with Gasteiger partial charge in [0.25, 0.3) is 0 Å². The molecule has 7 nitrogen and oxygen atoms in total. The molecular weight excluding hydrogens is 280 g/mol. The van der Waals surface area contributed by atoms with Crippen LogP contribution in [0, 0.1) is 0 Å². The summed E-state index contributed by atoms with van der Waals surface area (Å²) in [5.74, 6) is -0.325. The molecule has 1 aromatic heterocycles. The van der Waals surface area contributed by atoms with Gasteiger partial charge in [0.15, 0.2) is 0 Å². The van der Waals surface area contributed by atoms with Crippen LogP contribution in [-0.4, -0.2) is 51.5 Å². The topological polar surface area (TPSA) is 96.3 Å². The van der Waals surface area contributed by atoms with Crippen molar-refractivity contribution >= 4 is 23.8 Å². The molecule has 0 aromatic carbocycles. The second kappa shape index (κ2) is 8.47. The van der Waals surface area contributed by atoms with Gasteiger partial charge in [0.1, 0.15) is 6.04 Å². The normalized spacial score (nSPS) is 11.9. The molecule has 2 amide bonds. The van der Waals surface area contributed by atoms with Crippen molar-refractivity contribution in [2.45, 2.75) is 18.9 Å². The van der Waals surface area contributed by atoms with Crippen LogP contribution in [0.3, 0.4) is 0 Å². The number of amides is 2. The molecule has 1 heterocycles. The summed E-state index contributed by atoms with van der Waals surface area (Å²) in [7, 11) is 1.83. The van der Waals surface area contributed by atoms with E-state index >= 15 is 0 Å². The Labute approximate surface area is 122 Å². The molecule has 0 saturated heterocycles. The number of aryl methyl sites for hydroxylation is 1. The van der Waals surface area contributed by atoms with E-state index < -0.39 is 18.0 Å². The standard InChI is InChI=1S/C12H20N4O3S/c1-16-8-9(7-14-16)3-5-13-12(19)15-10(11(17)18)4-6-20-2/h7-8,10H,3-6H2,1-2H3,(H,17,18)(H2,13,15,19)/t10-/m1/s1. The van der Waals surface area contributed by atoms with Gasteiger partial charge in [0, 0.05) is 19.8 Å². The van der Waals surface area contributed by atoms with Gasteiger partial charge in [-0.3, -0.25) is 4.68 Å². The number of aromatic nitrogens is 2. The van der Waals surface area contributed by atoms with Crippen molar-refractivity contribution in [1.82, 2.24) is 20.4 Å². The fraction of sp³-hybridized carbons (Fsp3) is 0.583. The van der Waals surface area contributed by atoms with Crippen LogP contribution in [0.2, 0.25) is 0 Å². The molecule has 112 valence electrons. The Hall–Kier alpha value is -1.70. The molecule has 1 atom stereocenters. The summed E-state index contributed by atoms with van der Waals surface area (Å²) >= 11 is 1.55. The number of rotatable bonds is 8. The SMILES string of the molecule is CSCC[C@@H](NC(=O)NCCc1cnn(C)c1)C(=O)O. The maximum atomic E-state index is 11.6. The predicted octanol–water partition coefficient (Wildman–Crippen LogP) is 0.468. The van der Waals surface area contributed by atoms with E-state index in [0.29, 0.717) is 25.1 Å². The molecule has 0 fully saturated rings. The molecule has 8 heteroatoms. The molecule has 0 aliphatic rings. The first-order chi connectivity index (χ1) is 9.52. The van der Waals surface area contributed by atoms with Crippen LogP contribution in [0.1, 0.15) is 12.0 Å². The molecule has 1 rings (SSSR count). The Kier molecular flexibility index (Phi) is 6.92. The van der Waals surface area contributed by atoms with E-state index in [0.717, 1.165) is 5.56 Å². The monoisotopic (exact) mass is 300 g/mol. The van der Waals surface area contributed by atoms with E-state index in [2.05, 4.69) is 15.7 Å². The van der Waals surface area contributed by atoms with Crippen molar-refractivity contribution in [3.8, 4) is 0 Å². The number of carbonyl (C=O) groups is 2. The zero-order valence-corrected chi connectivity index (χ0v) is 12.4. The van der Waals surface area contributed by atoms with Crippen molar-refractivity contribution in [2.24, 2.45) is 7.05 Å². The van der Waals surface area contributed by atoms with Gasteiger partial charge in [-0.15, -0.1) is 0 Å². The highest BCUT2D eigenvalue weighted by molar-refractivity contribution is 7.98. The number of thioether (sulfide) groups is 1. The van der Waals surface area contributed by atoms with E-state index in [9.17, 15) is 9.59 Å². The van der Waals surface area contributed by atoms with E-state index in [1.54, 1.807) is 22.6 Å². The van der Waals surface area contributed by atoms with Crippen LogP contribution in [0.15, 0.2) is 12.4 Å². The summed E-state index contributed by atoms with van der Waals surface area (Å²) in [5, 5.41) is 18.1. The molecule has 0 aliphatic heterocycles. The average molecular weight is 300 g/mol. The molecule has 0 radical (unpaired) electrons. The maximum Gasteiger partial charge on any atom is 0.326 e. The lowest BCUT2D eigenvalue weighted by Crippen LogP contribution is -2.46. The van der Waals surface area contributed by atoms with Crippen molar-refractivity contribution < 1.29 is 14.7 Å². The number of nitrogens with zero attached hydrogens (tertiary/aromatic N) is 2. The fourth-order valence-electron chi connectivity index (χ4n) is 1.62. The Morgan fingerprint density at radius 1 is 1.55 bits per heavy atom. The maximum absolute atomic E-state index is 11.6. The highest BCUT2D eigenvalue weighted by atomic mass is 32.2. The van der Waals surface area contributed by atoms with Crippen LogP contribution in [0.5, 0.6) is 0 Å². The van der Waals surface area contributed by atoms with Gasteiger partial charge in [0.2, 0.25) is 0 Å². The van der Waals surface area contributed by atoms with Crippen LogP contribution < -0.4 is 10.6 Å². The van der Waals surface area contributed by atoms with Gasteiger partial charge in [-0.25, -0.2) is 9.59 Å². The summed E-state index contributed by atoms with van der Waals surface area (Å²) in [5.41, 5.74) is 1.02. The molecule has 0 unspecified atom stereocenters. The lowest BCUT2D eigenvalue weighted by molar-refractivity contribution is -0.139. The van der Waals surface area contributed by atoms with Gasteiger partial charge in [-0.2, -0.15) is 16.9 Å². The largest absolute Gasteiger partial charge is 0.480 e. The number of carboxylic acid groups (broad SMARTS) is 1. The Morgan fingerprint density at radius 3 is 2.85 bits per heavy atom. The summed E-state index contributed by atoms with van der Waals surface area (Å²) in [6, 6.07) is -1.30. The average Bonchev–Trinajstić information content (AvgIpc) is 2.80. The minimum atomic E-state index is -1.01. The zero-order chi connectivity index (χ0) is 15.0. The number of urea groups is 1. The molecular formula is C12H20N4O3S. The number of carbonyl (C=O) groups excluding carboxylic acids is 1. The number of hydrogen-bond acceptors (Lipinski definition) is 4. The summed E-state index contributed by atoms with van der Waals surface area (Å²) in [6.45, 7) is 0.437. The van der Waals surface area contributed by atoms with Crippen LogP contribution >= 0.6 is 11.8 Å². The molecule has 1 aromatic rings. The number of carboxylic acids is 1. The summed E-state index contributed by atoms with van der Waals surface area (Å²) in [6.07, 6.45) is 6.57. The van der Waals surface area contributed by atoms with E-state index in [-0.39, 0.29) is 0 Å². The lowest BCUT2D eigenvalue weighted by Gasteiger charge is -2.14. The third-order valence-electron chi connectivity index (χ3n) is 2.67. The molecule has 0 aliphatic carbocycles. The number of hydrogen-bond donors (Lipinski definition) is 3. The van der Waals surface area contributed by atoms with Crippen molar-refractivity contribution in [2.75, 3.05) is 18.6 Å². The van der Waals surface area contributed by atoms with Crippen LogP contribution in [0.25, 0.3) is 0 Å². The van der Waals surface area contributed by atoms with Crippen molar-refractivity contribution in [3.05, 3.63) is 18.0 Å². The predicted molar refractivity (Wildman–Crippen MR) is 77.9 cm³/mol. The van der Waals surface area contributed by atoms with Gasteiger partial charge in [0.05, 0.1) is 6.20 Å². The van der Waals surface area contributed by atoms with E-state index in [1.807, 2.05) is 19.5 Å². The lowest BCUT2D eigenvalue weighted by atomic mass is 10.2. The molecule has 3 N–H and O–H groups in total. The highest BCUT2D eigenvalue weighted by Crippen LogP contribution is 2.01. The minimum absolute atomic E-state index is 0.409. The zero-order valence-electron chi connectivity index (χ0n) is 11.6. The smallest absolute Gasteiger partial charge is 0.326 e. The number of nitrogens with one attached hydrogen (secondary N) is 2. The van der Waals surface area contributed by atoms with Crippen LogP contribution in [0.4, 0.5) is 4.79 Å². The minimum Gasteiger partial charge on any atom is -0.480 e. The first kappa shape index (κ1) is 16.4.